The molecule has 0 spiro atoms. The molecule has 0 radical (unpaired) electrons. The standard InChI is InChI=1S/C12H13ClN2O/c1-10(13)12(16)15(9-5-8-14)11-6-3-2-4-7-11/h2-4,6-7,10H,5,9H2,1H3/t10-/m1/s1. The summed E-state index contributed by atoms with van der Waals surface area (Å²) in [6.07, 6.45) is 0.296. The number of rotatable bonds is 4. The lowest BCUT2D eigenvalue weighted by atomic mass is 10.2. The Morgan fingerprint density at radius 2 is 2.12 bits per heavy atom. The van der Waals surface area contributed by atoms with Crippen molar-refractivity contribution < 1.29 is 4.79 Å². The Labute approximate surface area is 100 Å². The Morgan fingerprint density at radius 1 is 1.50 bits per heavy atom. The number of hydrogen-bond acceptors (Lipinski definition) is 2. The first-order valence-corrected chi connectivity index (χ1v) is 5.48. The van der Waals surface area contributed by atoms with Gasteiger partial charge in [0.2, 0.25) is 5.91 Å². The molecule has 0 heterocycles. The summed E-state index contributed by atoms with van der Waals surface area (Å²) in [5.41, 5.74) is 0.773. The van der Waals surface area contributed by atoms with Gasteiger partial charge in [0.25, 0.3) is 0 Å². The van der Waals surface area contributed by atoms with Gasteiger partial charge in [-0.05, 0) is 19.1 Å². The monoisotopic (exact) mass is 236 g/mol. The molecule has 0 aliphatic carbocycles. The molecule has 1 aromatic rings. The van der Waals surface area contributed by atoms with Gasteiger partial charge in [-0.15, -0.1) is 11.6 Å². The van der Waals surface area contributed by atoms with E-state index in [9.17, 15) is 4.79 Å². The van der Waals surface area contributed by atoms with E-state index in [0.717, 1.165) is 5.69 Å². The van der Waals surface area contributed by atoms with Crippen LogP contribution in [0.2, 0.25) is 0 Å². The molecule has 0 N–H and O–H groups in total. The fraction of sp³-hybridized carbons (Fsp3) is 0.333. The van der Waals surface area contributed by atoms with E-state index in [4.69, 9.17) is 16.9 Å². The zero-order chi connectivity index (χ0) is 12.0. The summed E-state index contributed by atoms with van der Waals surface area (Å²) in [6.45, 7) is 2.00. The van der Waals surface area contributed by atoms with E-state index >= 15 is 0 Å². The Hall–Kier alpha value is -1.53. The molecule has 0 saturated carbocycles. The average molecular weight is 237 g/mol. The van der Waals surface area contributed by atoms with Crippen molar-refractivity contribution in [1.82, 2.24) is 0 Å². The molecule has 0 aliphatic rings. The lowest BCUT2D eigenvalue weighted by Crippen LogP contribution is -2.36. The topological polar surface area (TPSA) is 44.1 Å². The maximum absolute atomic E-state index is 11.8. The zero-order valence-electron chi connectivity index (χ0n) is 9.06. The minimum Gasteiger partial charge on any atom is -0.310 e. The summed E-state index contributed by atoms with van der Waals surface area (Å²) in [4.78, 5) is 13.4. The molecule has 1 atom stereocenters. The summed E-state index contributed by atoms with van der Waals surface area (Å²) in [5.74, 6) is -0.178. The molecule has 0 aromatic heterocycles. The van der Waals surface area contributed by atoms with Gasteiger partial charge in [-0.1, -0.05) is 18.2 Å². The molecule has 0 bridgehead atoms. The van der Waals surface area contributed by atoms with E-state index in [1.165, 1.54) is 0 Å². The first-order chi connectivity index (χ1) is 7.66. The van der Waals surface area contributed by atoms with Crippen molar-refractivity contribution in [1.29, 1.82) is 5.26 Å². The average Bonchev–Trinajstić information content (AvgIpc) is 2.30. The summed E-state index contributed by atoms with van der Waals surface area (Å²) < 4.78 is 0. The lowest BCUT2D eigenvalue weighted by Gasteiger charge is -2.22. The second kappa shape index (κ2) is 6.14. The van der Waals surface area contributed by atoms with Gasteiger partial charge < -0.3 is 4.90 Å². The van der Waals surface area contributed by atoms with Gasteiger partial charge in [0.1, 0.15) is 5.38 Å². The molecule has 0 unspecified atom stereocenters. The highest BCUT2D eigenvalue weighted by molar-refractivity contribution is 6.32. The summed E-state index contributed by atoms with van der Waals surface area (Å²) in [7, 11) is 0. The third kappa shape index (κ3) is 3.25. The molecule has 0 aliphatic heterocycles. The van der Waals surface area contributed by atoms with Gasteiger partial charge >= 0.3 is 0 Å². The molecule has 4 heteroatoms. The number of nitriles is 1. The molecule has 3 nitrogen and oxygen atoms in total. The van der Waals surface area contributed by atoms with Crippen LogP contribution in [0.1, 0.15) is 13.3 Å². The number of halogens is 1. The van der Waals surface area contributed by atoms with Gasteiger partial charge in [0.15, 0.2) is 0 Å². The number of benzene rings is 1. The van der Waals surface area contributed by atoms with Crippen molar-refractivity contribution in [2.24, 2.45) is 0 Å². The van der Waals surface area contributed by atoms with Crippen LogP contribution < -0.4 is 4.90 Å². The van der Waals surface area contributed by atoms with Gasteiger partial charge in [-0.3, -0.25) is 4.79 Å². The summed E-state index contributed by atoms with van der Waals surface area (Å²) in [5, 5.41) is 7.98. The first kappa shape index (κ1) is 12.5. The van der Waals surface area contributed by atoms with Crippen molar-refractivity contribution in [3.63, 3.8) is 0 Å². The number of anilines is 1. The van der Waals surface area contributed by atoms with Crippen LogP contribution in [0.3, 0.4) is 0 Å². The highest BCUT2D eigenvalue weighted by Crippen LogP contribution is 2.16. The van der Waals surface area contributed by atoms with Crippen LogP contribution in [0.5, 0.6) is 0 Å². The SMILES string of the molecule is C[C@@H](Cl)C(=O)N(CCC#N)c1ccccc1. The number of carbonyl (C=O) groups excluding carboxylic acids is 1. The van der Waals surface area contributed by atoms with Crippen molar-refractivity contribution in [3.05, 3.63) is 30.3 Å². The molecule has 1 rings (SSSR count). The second-order valence-electron chi connectivity index (χ2n) is 3.35. The zero-order valence-corrected chi connectivity index (χ0v) is 9.81. The number of para-hydroxylation sites is 1. The highest BCUT2D eigenvalue weighted by atomic mass is 35.5. The number of hydrogen-bond donors (Lipinski definition) is 0. The third-order valence-corrected chi connectivity index (χ3v) is 2.31. The molecule has 84 valence electrons. The fourth-order valence-corrected chi connectivity index (χ4v) is 1.47. The van der Waals surface area contributed by atoms with Crippen molar-refractivity contribution >= 4 is 23.2 Å². The molecule has 0 saturated heterocycles. The van der Waals surface area contributed by atoms with E-state index in [1.54, 1.807) is 11.8 Å². The van der Waals surface area contributed by atoms with E-state index < -0.39 is 5.38 Å². The van der Waals surface area contributed by atoms with Gasteiger partial charge in [-0.25, -0.2) is 0 Å². The third-order valence-electron chi connectivity index (χ3n) is 2.12. The van der Waals surface area contributed by atoms with Crippen LogP contribution in [0, 0.1) is 11.3 Å². The molecule has 1 amide bonds. The van der Waals surface area contributed by atoms with E-state index in [-0.39, 0.29) is 5.91 Å². The minimum atomic E-state index is -0.584. The van der Waals surface area contributed by atoms with Gasteiger partial charge in [0.05, 0.1) is 12.5 Å². The van der Waals surface area contributed by atoms with E-state index in [1.807, 2.05) is 36.4 Å². The summed E-state index contributed by atoms with van der Waals surface area (Å²) >= 11 is 5.78. The number of nitrogens with zero attached hydrogens (tertiary/aromatic N) is 2. The van der Waals surface area contributed by atoms with Crippen LogP contribution in [-0.4, -0.2) is 17.8 Å². The minimum absolute atomic E-state index is 0.178. The normalized spacial score (nSPS) is 11.6. The second-order valence-corrected chi connectivity index (χ2v) is 4.00. The van der Waals surface area contributed by atoms with E-state index in [0.29, 0.717) is 13.0 Å². The van der Waals surface area contributed by atoms with Crippen LogP contribution in [0.15, 0.2) is 30.3 Å². The molecule has 1 aromatic carbocycles. The predicted molar refractivity (Wildman–Crippen MR) is 64.3 cm³/mol. The maximum atomic E-state index is 11.8. The predicted octanol–water partition coefficient (Wildman–Crippen LogP) is 2.56. The number of alkyl halides is 1. The largest absolute Gasteiger partial charge is 0.310 e. The quantitative estimate of drug-likeness (QED) is 0.755. The Morgan fingerprint density at radius 3 is 2.62 bits per heavy atom. The lowest BCUT2D eigenvalue weighted by molar-refractivity contribution is -0.118. The van der Waals surface area contributed by atoms with Crippen LogP contribution in [0.4, 0.5) is 5.69 Å². The Bertz CT molecular complexity index is 384. The van der Waals surface area contributed by atoms with Gasteiger partial charge in [-0.2, -0.15) is 5.26 Å². The van der Waals surface area contributed by atoms with E-state index in [2.05, 4.69) is 0 Å². The molecular weight excluding hydrogens is 224 g/mol. The van der Waals surface area contributed by atoms with Crippen molar-refractivity contribution in [2.45, 2.75) is 18.7 Å². The van der Waals surface area contributed by atoms with Crippen LogP contribution in [0.25, 0.3) is 0 Å². The van der Waals surface area contributed by atoms with Gasteiger partial charge in [0, 0.05) is 12.2 Å². The Balaban J connectivity index is 2.88. The maximum Gasteiger partial charge on any atom is 0.244 e. The molecular formula is C12H13ClN2O. The number of carbonyl (C=O) groups is 1. The number of amides is 1. The van der Waals surface area contributed by atoms with Crippen LogP contribution >= 0.6 is 11.6 Å². The fourth-order valence-electron chi connectivity index (χ4n) is 1.35. The smallest absolute Gasteiger partial charge is 0.244 e. The molecule has 16 heavy (non-hydrogen) atoms. The summed E-state index contributed by atoms with van der Waals surface area (Å²) in [6, 6.07) is 11.3. The molecule has 0 fully saturated rings. The first-order valence-electron chi connectivity index (χ1n) is 5.04. The Kier molecular flexibility index (Phi) is 4.81. The van der Waals surface area contributed by atoms with Crippen LogP contribution in [-0.2, 0) is 4.79 Å². The van der Waals surface area contributed by atoms with Crippen molar-refractivity contribution in [3.8, 4) is 6.07 Å². The van der Waals surface area contributed by atoms with Crippen molar-refractivity contribution in [2.75, 3.05) is 11.4 Å². The highest BCUT2D eigenvalue weighted by Gasteiger charge is 2.19.